The van der Waals surface area contributed by atoms with Crippen LogP contribution >= 0.6 is 11.3 Å². The second-order valence-electron chi connectivity index (χ2n) is 6.48. The maximum absolute atomic E-state index is 5.30. The molecule has 1 fully saturated rings. The summed E-state index contributed by atoms with van der Waals surface area (Å²) in [6, 6.07) is 6.09. The largest absolute Gasteiger partial charge is 0.481 e. The molecule has 0 aliphatic carbocycles. The molecule has 3 aromatic heterocycles. The Hall–Kier alpha value is -2.78. The lowest BCUT2D eigenvalue weighted by molar-refractivity contribution is 0.311. The molecule has 4 heterocycles. The van der Waals surface area contributed by atoms with Gasteiger partial charge in [0.05, 0.1) is 30.5 Å². The van der Waals surface area contributed by atoms with E-state index in [1.165, 1.54) is 7.11 Å². The fourth-order valence-electron chi connectivity index (χ4n) is 3.06. The van der Waals surface area contributed by atoms with Crippen LogP contribution in [0, 0.1) is 0 Å². The van der Waals surface area contributed by atoms with Crippen molar-refractivity contribution in [1.29, 1.82) is 0 Å². The molecule has 1 saturated heterocycles. The van der Waals surface area contributed by atoms with E-state index < -0.39 is 0 Å². The monoisotopic (exact) mass is 398 g/mol. The van der Waals surface area contributed by atoms with Gasteiger partial charge in [-0.1, -0.05) is 6.07 Å². The smallest absolute Gasteiger partial charge is 0.320 e. The van der Waals surface area contributed by atoms with Crippen LogP contribution in [-0.4, -0.2) is 72.3 Å². The quantitative estimate of drug-likeness (QED) is 0.649. The Kier molecular flexibility index (Phi) is 5.36. The number of likely N-dealkylation sites (N-methyl/N-ethyl adjacent to an activating group) is 1. The van der Waals surface area contributed by atoms with E-state index in [1.807, 2.05) is 17.6 Å². The van der Waals surface area contributed by atoms with Gasteiger partial charge in [-0.3, -0.25) is 0 Å². The van der Waals surface area contributed by atoms with Crippen molar-refractivity contribution in [2.24, 2.45) is 0 Å². The maximum Gasteiger partial charge on any atom is 0.320 e. The molecule has 28 heavy (non-hydrogen) atoms. The zero-order chi connectivity index (χ0) is 19.5. The van der Waals surface area contributed by atoms with Gasteiger partial charge in [0.1, 0.15) is 0 Å². The zero-order valence-electron chi connectivity index (χ0n) is 16.1. The van der Waals surface area contributed by atoms with Crippen LogP contribution in [0.1, 0.15) is 0 Å². The molecule has 0 amide bonds. The standard InChI is InChI=1S/C19H22N6O2S/c1-24-6-8-25(9-7-24)18-20-12-13(17(23-18)15-5-4-10-28-15)14-11-16(26-2)22-19(21-14)27-3/h4-5,10-12H,6-9H2,1-3H3. The second kappa shape index (κ2) is 8.07. The normalized spacial score (nSPS) is 14.9. The number of anilines is 1. The number of aromatic nitrogens is 4. The minimum atomic E-state index is 0.245. The van der Waals surface area contributed by atoms with E-state index in [1.54, 1.807) is 24.5 Å². The minimum Gasteiger partial charge on any atom is -0.481 e. The summed E-state index contributed by atoms with van der Waals surface area (Å²) in [5.74, 6) is 1.18. The summed E-state index contributed by atoms with van der Waals surface area (Å²) in [6.45, 7) is 3.82. The zero-order valence-corrected chi connectivity index (χ0v) is 16.9. The Bertz CT molecular complexity index is 919. The van der Waals surface area contributed by atoms with Gasteiger partial charge in [-0.2, -0.15) is 9.97 Å². The summed E-state index contributed by atoms with van der Waals surface area (Å²) in [5.41, 5.74) is 2.33. The third-order valence-electron chi connectivity index (χ3n) is 4.67. The highest BCUT2D eigenvalue weighted by Gasteiger charge is 2.21. The van der Waals surface area contributed by atoms with Gasteiger partial charge in [0.25, 0.3) is 0 Å². The summed E-state index contributed by atoms with van der Waals surface area (Å²) in [4.78, 5) is 23.8. The molecular formula is C19H22N6O2S. The molecule has 1 aliphatic rings. The molecule has 146 valence electrons. The molecule has 0 aromatic carbocycles. The van der Waals surface area contributed by atoms with Crippen LogP contribution in [0.2, 0.25) is 0 Å². The number of rotatable bonds is 5. The molecule has 9 heteroatoms. The first-order valence-corrected chi connectivity index (χ1v) is 9.87. The molecule has 0 bridgehead atoms. The molecule has 4 rings (SSSR count). The molecule has 0 N–H and O–H groups in total. The number of thiophene rings is 1. The molecule has 0 spiro atoms. The summed E-state index contributed by atoms with van der Waals surface area (Å²) >= 11 is 1.64. The number of ether oxygens (including phenoxy) is 2. The lowest BCUT2D eigenvalue weighted by Gasteiger charge is -2.32. The van der Waals surface area contributed by atoms with Crippen LogP contribution in [0.3, 0.4) is 0 Å². The number of nitrogens with zero attached hydrogens (tertiary/aromatic N) is 6. The first-order valence-electron chi connectivity index (χ1n) is 9.00. The van der Waals surface area contributed by atoms with E-state index in [0.29, 0.717) is 11.6 Å². The molecule has 0 unspecified atom stereocenters. The summed E-state index contributed by atoms with van der Waals surface area (Å²) in [7, 11) is 5.23. The minimum absolute atomic E-state index is 0.245. The maximum atomic E-state index is 5.30. The molecule has 8 nitrogen and oxygen atoms in total. The van der Waals surface area contributed by atoms with Crippen molar-refractivity contribution < 1.29 is 9.47 Å². The van der Waals surface area contributed by atoms with Crippen LogP contribution in [0.4, 0.5) is 5.95 Å². The van der Waals surface area contributed by atoms with Gasteiger partial charge < -0.3 is 19.3 Å². The van der Waals surface area contributed by atoms with Crippen molar-refractivity contribution in [1.82, 2.24) is 24.8 Å². The van der Waals surface area contributed by atoms with Crippen LogP contribution in [0.25, 0.3) is 21.8 Å². The Morgan fingerprint density at radius 3 is 2.54 bits per heavy atom. The van der Waals surface area contributed by atoms with Crippen molar-refractivity contribution >= 4 is 17.3 Å². The highest BCUT2D eigenvalue weighted by atomic mass is 32.1. The van der Waals surface area contributed by atoms with E-state index in [9.17, 15) is 0 Å². The fraction of sp³-hybridized carbons (Fsp3) is 0.368. The third kappa shape index (κ3) is 3.76. The molecular weight excluding hydrogens is 376 g/mol. The van der Waals surface area contributed by atoms with E-state index in [-0.39, 0.29) is 6.01 Å². The molecule has 0 atom stereocenters. The molecule has 3 aromatic rings. The average molecular weight is 398 g/mol. The molecule has 0 saturated carbocycles. The lowest BCUT2D eigenvalue weighted by atomic mass is 10.1. The van der Waals surface area contributed by atoms with Crippen molar-refractivity contribution in [2.75, 3.05) is 52.3 Å². The number of hydrogen-bond donors (Lipinski definition) is 0. The van der Waals surface area contributed by atoms with Crippen molar-refractivity contribution in [3.05, 3.63) is 29.8 Å². The second-order valence-corrected chi connectivity index (χ2v) is 7.43. The summed E-state index contributed by atoms with van der Waals surface area (Å²) in [6.07, 6.45) is 1.83. The van der Waals surface area contributed by atoms with Crippen molar-refractivity contribution in [3.63, 3.8) is 0 Å². The average Bonchev–Trinajstić information content (AvgIpc) is 3.28. The summed E-state index contributed by atoms with van der Waals surface area (Å²) < 4.78 is 10.5. The van der Waals surface area contributed by atoms with E-state index >= 15 is 0 Å². The van der Waals surface area contributed by atoms with Crippen LogP contribution in [0.15, 0.2) is 29.8 Å². The highest BCUT2D eigenvalue weighted by Crippen LogP contribution is 2.34. The number of piperazine rings is 1. The highest BCUT2D eigenvalue weighted by molar-refractivity contribution is 7.13. The Morgan fingerprint density at radius 1 is 1.04 bits per heavy atom. The predicted octanol–water partition coefficient (Wildman–Crippen LogP) is 2.43. The van der Waals surface area contributed by atoms with Gasteiger partial charge in [-0.05, 0) is 18.5 Å². The van der Waals surface area contributed by atoms with Crippen molar-refractivity contribution in [3.8, 4) is 33.7 Å². The van der Waals surface area contributed by atoms with Gasteiger partial charge in [0.15, 0.2) is 0 Å². The number of hydrogen-bond acceptors (Lipinski definition) is 9. The molecule has 1 aliphatic heterocycles. The van der Waals surface area contributed by atoms with Crippen LogP contribution in [-0.2, 0) is 0 Å². The molecule has 0 radical (unpaired) electrons. The summed E-state index contributed by atoms with van der Waals surface area (Å²) in [5, 5.41) is 2.04. The first kappa shape index (κ1) is 18.6. The van der Waals surface area contributed by atoms with Gasteiger partial charge in [0, 0.05) is 44.0 Å². The van der Waals surface area contributed by atoms with Crippen LogP contribution in [0.5, 0.6) is 11.9 Å². The van der Waals surface area contributed by atoms with E-state index in [0.717, 1.165) is 48.3 Å². The van der Waals surface area contributed by atoms with Gasteiger partial charge >= 0.3 is 6.01 Å². The van der Waals surface area contributed by atoms with Gasteiger partial charge in [-0.15, -0.1) is 11.3 Å². The predicted molar refractivity (Wildman–Crippen MR) is 109 cm³/mol. The number of methoxy groups -OCH3 is 2. The topological polar surface area (TPSA) is 76.5 Å². The van der Waals surface area contributed by atoms with Gasteiger partial charge in [0.2, 0.25) is 11.8 Å². The van der Waals surface area contributed by atoms with Crippen LogP contribution < -0.4 is 14.4 Å². The Balaban J connectivity index is 1.79. The Morgan fingerprint density at radius 2 is 1.86 bits per heavy atom. The third-order valence-corrected chi connectivity index (χ3v) is 5.54. The van der Waals surface area contributed by atoms with Gasteiger partial charge in [-0.25, -0.2) is 9.97 Å². The fourth-order valence-corrected chi connectivity index (χ4v) is 3.79. The SMILES string of the molecule is COc1cc(-c2cnc(N3CCN(C)CC3)nc2-c2cccs2)nc(OC)n1. The van der Waals surface area contributed by atoms with E-state index in [2.05, 4.69) is 37.9 Å². The van der Waals surface area contributed by atoms with E-state index in [4.69, 9.17) is 14.5 Å². The first-order chi connectivity index (χ1) is 13.7. The lowest BCUT2D eigenvalue weighted by Crippen LogP contribution is -2.45. The Labute approximate surface area is 167 Å². The van der Waals surface area contributed by atoms with Crippen molar-refractivity contribution in [2.45, 2.75) is 0 Å².